The summed E-state index contributed by atoms with van der Waals surface area (Å²) in [6.07, 6.45) is 2.23. The van der Waals surface area contributed by atoms with Gasteiger partial charge < -0.3 is 10.4 Å². The highest BCUT2D eigenvalue weighted by molar-refractivity contribution is 6.31. The van der Waals surface area contributed by atoms with Crippen LogP contribution in [0.3, 0.4) is 0 Å². The van der Waals surface area contributed by atoms with E-state index < -0.39 is 5.97 Å². The summed E-state index contributed by atoms with van der Waals surface area (Å²) in [5, 5.41) is 12.8. The van der Waals surface area contributed by atoms with Gasteiger partial charge in [-0.05, 0) is 25.0 Å². The number of hydrogen-bond acceptors (Lipinski definition) is 2. The van der Waals surface area contributed by atoms with Crippen molar-refractivity contribution in [2.75, 3.05) is 6.54 Å². The van der Waals surface area contributed by atoms with Crippen LogP contribution in [0, 0.1) is 0 Å². The first-order chi connectivity index (χ1) is 8.56. The molecule has 0 aliphatic heterocycles. The standard InChI is InChI=1S/C14H18ClNO2/c1-3-11(14(17)18)8-9-16-10(2)12-6-4-5-7-13(12)15/h4-8,10,16H,3,9H2,1-2H3,(H,17,18)/b11-8-. The lowest BCUT2D eigenvalue weighted by Crippen LogP contribution is -2.19. The number of hydrogen-bond donors (Lipinski definition) is 2. The Morgan fingerprint density at radius 1 is 1.50 bits per heavy atom. The molecule has 0 aliphatic carbocycles. The normalized spacial score (nSPS) is 13.4. The van der Waals surface area contributed by atoms with Crippen molar-refractivity contribution in [1.82, 2.24) is 5.32 Å². The van der Waals surface area contributed by atoms with Crippen molar-refractivity contribution < 1.29 is 9.90 Å². The van der Waals surface area contributed by atoms with Crippen LogP contribution in [0.2, 0.25) is 5.02 Å². The van der Waals surface area contributed by atoms with Crippen molar-refractivity contribution in [1.29, 1.82) is 0 Å². The molecule has 0 heterocycles. The topological polar surface area (TPSA) is 49.3 Å². The Bertz CT molecular complexity index is 443. The molecule has 0 spiro atoms. The third-order valence-corrected chi connectivity index (χ3v) is 3.14. The van der Waals surface area contributed by atoms with Gasteiger partial charge in [-0.2, -0.15) is 0 Å². The Hall–Kier alpha value is -1.32. The Labute approximate surface area is 112 Å². The second-order valence-corrected chi connectivity index (χ2v) is 4.45. The second kappa shape index (κ2) is 7.19. The third kappa shape index (κ3) is 4.17. The van der Waals surface area contributed by atoms with Crippen LogP contribution in [0.5, 0.6) is 0 Å². The monoisotopic (exact) mass is 267 g/mol. The van der Waals surface area contributed by atoms with Crippen LogP contribution in [0.4, 0.5) is 0 Å². The van der Waals surface area contributed by atoms with Gasteiger partial charge in [0.1, 0.15) is 0 Å². The van der Waals surface area contributed by atoms with Gasteiger partial charge in [-0.25, -0.2) is 4.79 Å². The summed E-state index contributed by atoms with van der Waals surface area (Å²) in [5.74, 6) is -0.857. The molecular weight excluding hydrogens is 250 g/mol. The second-order valence-electron chi connectivity index (χ2n) is 4.04. The summed E-state index contributed by atoms with van der Waals surface area (Å²) in [5.41, 5.74) is 1.44. The van der Waals surface area contributed by atoms with Crippen LogP contribution in [-0.2, 0) is 4.79 Å². The van der Waals surface area contributed by atoms with Crippen LogP contribution >= 0.6 is 11.6 Å². The van der Waals surface area contributed by atoms with Gasteiger partial charge in [-0.1, -0.05) is 42.8 Å². The van der Waals surface area contributed by atoms with E-state index in [0.29, 0.717) is 18.5 Å². The molecule has 1 aromatic carbocycles. The molecular formula is C14H18ClNO2. The minimum Gasteiger partial charge on any atom is -0.478 e. The molecule has 0 aromatic heterocycles. The Balaban J connectivity index is 2.59. The van der Waals surface area contributed by atoms with Gasteiger partial charge in [-0.15, -0.1) is 0 Å². The zero-order chi connectivity index (χ0) is 13.5. The molecule has 0 bridgehead atoms. The van der Waals surface area contributed by atoms with Crippen molar-refractivity contribution in [3.8, 4) is 0 Å². The summed E-state index contributed by atoms with van der Waals surface area (Å²) < 4.78 is 0. The number of carboxylic acid groups (broad SMARTS) is 1. The van der Waals surface area contributed by atoms with Gasteiger partial charge in [-0.3, -0.25) is 0 Å². The number of nitrogens with one attached hydrogen (secondary N) is 1. The first-order valence-corrected chi connectivity index (χ1v) is 6.34. The van der Waals surface area contributed by atoms with Gasteiger partial charge in [0, 0.05) is 23.2 Å². The molecule has 98 valence electrons. The largest absolute Gasteiger partial charge is 0.478 e. The fraction of sp³-hybridized carbons (Fsp3) is 0.357. The third-order valence-electron chi connectivity index (χ3n) is 2.80. The van der Waals surface area contributed by atoms with E-state index >= 15 is 0 Å². The Kier molecular flexibility index (Phi) is 5.89. The number of halogens is 1. The quantitative estimate of drug-likeness (QED) is 0.777. The molecule has 1 atom stereocenters. The van der Waals surface area contributed by atoms with E-state index in [0.717, 1.165) is 10.6 Å². The van der Waals surface area contributed by atoms with Crippen molar-refractivity contribution in [2.45, 2.75) is 26.3 Å². The maximum absolute atomic E-state index is 10.8. The fourth-order valence-corrected chi connectivity index (χ4v) is 1.98. The van der Waals surface area contributed by atoms with Crippen molar-refractivity contribution >= 4 is 17.6 Å². The molecule has 1 rings (SSSR count). The molecule has 0 fully saturated rings. The lowest BCUT2D eigenvalue weighted by Gasteiger charge is -2.14. The summed E-state index contributed by atoms with van der Waals surface area (Å²) in [6.45, 7) is 4.35. The number of benzene rings is 1. The van der Waals surface area contributed by atoms with Crippen LogP contribution in [-0.4, -0.2) is 17.6 Å². The van der Waals surface area contributed by atoms with Crippen LogP contribution in [0.15, 0.2) is 35.9 Å². The van der Waals surface area contributed by atoms with Gasteiger partial charge >= 0.3 is 5.97 Å². The molecule has 4 heteroatoms. The highest BCUT2D eigenvalue weighted by atomic mass is 35.5. The van der Waals surface area contributed by atoms with Gasteiger partial charge in [0.15, 0.2) is 0 Å². The summed E-state index contributed by atoms with van der Waals surface area (Å²) in [4.78, 5) is 10.8. The molecule has 1 aromatic rings. The first-order valence-electron chi connectivity index (χ1n) is 5.96. The number of aliphatic carboxylic acids is 1. The molecule has 2 N–H and O–H groups in total. The van der Waals surface area contributed by atoms with Crippen molar-refractivity contribution in [3.63, 3.8) is 0 Å². The number of rotatable bonds is 6. The smallest absolute Gasteiger partial charge is 0.331 e. The predicted octanol–water partition coefficient (Wildman–Crippen LogP) is 3.41. The predicted molar refractivity (Wildman–Crippen MR) is 73.9 cm³/mol. The highest BCUT2D eigenvalue weighted by Gasteiger charge is 2.08. The maximum Gasteiger partial charge on any atom is 0.331 e. The Morgan fingerprint density at radius 3 is 2.72 bits per heavy atom. The molecule has 0 amide bonds. The minimum absolute atomic E-state index is 0.0850. The molecule has 3 nitrogen and oxygen atoms in total. The fourth-order valence-electron chi connectivity index (χ4n) is 1.68. The number of carboxylic acids is 1. The molecule has 0 aliphatic rings. The van der Waals surface area contributed by atoms with Crippen LogP contribution in [0.25, 0.3) is 0 Å². The maximum atomic E-state index is 10.8. The molecule has 0 saturated carbocycles. The van der Waals surface area contributed by atoms with E-state index in [1.165, 1.54) is 0 Å². The van der Waals surface area contributed by atoms with Gasteiger partial charge in [0.25, 0.3) is 0 Å². The van der Waals surface area contributed by atoms with Crippen molar-refractivity contribution in [3.05, 3.63) is 46.5 Å². The van der Waals surface area contributed by atoms with Gasteiger partial charge in [0.2, 0.25) is 0 Å². The SMILES string of the molecule is CC/C(=C/CNC(C)c1ccccc1Cl)C(=O)O. The Morgan fingerprint density at radius 2 is 2.17 bits per heavy atom. The summed E-state index contributed by atoms with van der Waals surface area (Å²) >= 11 is 6.09. The van der Waals surface area contributed by atoms with E-state index in [2.05, 4.69) is 5.32 Å². The number of carbonyl (C=O) groups is 1. The average Bonchev–Trinajstić information content (AvgIpc) is 2.34. The van der Waals surface area contributed by atoms with E-state index in [-0.39, 0.29) is 6.04 Å². The summed E-state index contributed by atoms with van der Waals surface area (Å²) in [7, 11) is 0. The highest BCUT2D eigenvalue weighted by Crippen LogP contribution is 2.21. The minimum atomic E-state index is -0.857. The lowest BCUT2D eigenvalue weighted by atomic mass is 10.1. The van der Waals surface area contributed by atoms with E-state index in [9.17, 15) is 4.79 Å². The van der Waals surface area contributed by atoms with E-state index in [4.69, 9.17) is 16.7 Å². The van der Waals surface area contributed by atoms with Gasteiger partial charge in [0.05, 0.1) is 0 Å². The zero-order valence-corrected chi connectivity index (χ0v) is 11.4. The zero-order valence-electron chi connectivity index (χ0n) is 10.6. The molecule has 1 unspecified atom stereocenters. The van der Waals surface area contributed by atoms with E-state index in [1.54, 1.807) is 6.08 Å². The molecule has 0 radical (unpaired) electrons. The molecule has 0 saturated heterocycles. The first kappa shape index (κ1) is 14.7. The van der Waals surface area contributed by atoms with E-state index in [1.807, 2.05) is 38.1 Å². The van der Waals surface area contributed by atoms with Crippen LogP contribution in [0.1, 0.15) is 31.9 Å². The average molecular weight is 268 g/mol. The van der Waals surface area contributed by atoms with Crippen LogP contribution < -0.4 is 5.32 Å². The van der Waals surface area contributed by atoms with Crippen molar-refractivity contribution in [2.24, 2.45) is 0 Å². The molecule has 18 heavy (non-hydrogen) atoms. The summed E-state index contributed by atoms with van der Waals surface area (Å²) in [6, 6.07) is 7.71. The lowest BCUT2D eigenvalue weighted by molar-refractivity contribution is -0.132.